The molecule has 134 valence electrons. The summed E-state index contributed by atoms with van der Waals surface area (Å²) >= 11 is 5.88. The third kappa shape index (κ3) is 4.12. The SMILES string of the molecule is NC(=O)C1CCN(C(=O)C2CC(=O)N(Cc3ccc(Cl)cc3)C2)CC1. The van der Waals surface area contributed by atoms with Crippen molar-refractivity contribution in [1.29, 1.82) is 0 Å². The first-order valence-corrected chi connectivity index (χ1v) is 8.92. The minimum Gasteiger partial charge on any atom is -0.369 e. The van der Waals surface area contributed by atoms with Gasteiger partial charge in [-0.2, -0.15) is 0 Å². The van der Waals surface area contributed by atoms with Crippen molar-refractivity contribution in [2.75, 3.05) is 19.6 Å². The number of rotatable bonds is 4. The van der Waals surface area contributed by atoms with Crippen molar-refractivity contribution in [3.8, 4) is 0 Å². The van der Waals surface area contributed by atoms with E-state index in [1.807, 2.05) is 12.1 Å². The Morgan fingerprint density at radius 2 is 1.76 bits per heavy atom. The highest BCUT2D eigenvalue weighted by atomic mass is 35.5. The molecule has 2 fully saturated rings. The summed E-state index contributed by atoms with van der Waals surface area (Å²) in [6.07, 6.45) is 1.47. The van der Waals surface area contributed by atoms with Gasteiger partial charge in [0.15, 0.2) is 0 Å². The lowest BCUT2D eigenvalue weighted by Crippen LogP contribution is -2.44. The molecule has 3 amide bonds. The molecule has 0 saturated carbocycles. The Balaban J connectivity index is 1.56. The maximum absolute atomic E-state index is 12.7. The van der Waals surface area contributed by atoms with Gasteiger partial charge in [0.25, 0.3) is 0 Å². The van der Waals surface area contributed by atoms with Gasteiger partial charge >= 0.3 is 0 Å². The van der Waals surface area contributed by atoms with Gasteiger partial charge in [-0.1, -0.05) is 23.7 Å². The van der Waals surface area contributed by atoms with Crippen molar-refractivity contribution >= 4 is 29.3 Å². The first-order chi connectivity index (χ1) is 11.9. The molecule has 0 aliphatic carbocycles. The summed E-state index contributed by atoms with van der Waals surface area (Å²) in [6.45, 7) is 2.00. The number of halogens is 1. The fourth-order valence-electron chi connectivity index (χ4n) is 3.54. The number of nitrogens with zero attached hydrogens (tertiary/aromatic N) is 2. The van der Waals surface area contributed by atoms with Crippen LogP contribution in [0.3, 0.4) is 0 Å². The third-order valence-corrected chi connectivity index (χ3v) is 5.31. The minimum absolute atomic E-state index is 0.000298. The first kappa shape index (κ1) is 17.7. The van der Waals surface area contributed by atoms with Crippen LogP contribution in [0, 0.1) is 11.8 Å². The molecule has 6 nitrogen and oxygen atoms in total. The van der Waals surface area contributed by atoms with Crippen LogP contribution in [0.2, 0.25) is 5.02 Å². The van der Waals surface area contributed by atoms with Gasteiger partial charge in [-0.3, -0.25) is 14.4 Å². The third-order valence-electron chi connectivity index (χ3n) is 5.06. The molecule has 2 heterocycles. The number of carbonyl (C=O) groups is 3. The van der Waals surface area contributed by atoms with Gasteiger partial charge in [-0.25, -0.2) is 0 Å². The predicted molar refractivity (Wildman–Crippen MR) is 93.5 cm³/mol. The Hall–Kier alpha value is -2.08. The topological polar surface area (TPSA) is 83.7 Å². The van der Waals surface area contributed by atoms with Gasteiger partial charge < -0.3 is 15.5 Å². The highest BCUT2D eigenvalue weighted by molar-refractivity contribution is 6.30. The second kappa shape index (κ2) is 7.44. The second-order valence-corrected chi connectivity index (χ2v) is 7.24. The molecule has 7 heteroatoms. The van der Waals surface area contributed by atoms with E-state index < -0.39 is 0 Å². The van der Waals surface area contributed by atoms with Crippen LogP contribution in [0.4, 0.5) is 0 Å². The van der Waals surface area contributed by atoms with E-state index >= 15 is 0 Å². The fraction of sp³-hybridized carbons (Fsp3) is 0.500. The smallest absolute Gasteiger partial charge is 0.227 e. The maximum Gasteiger partial charge on any atom is 0.227 e. The summed E-state index contributed by atoms with van der Waals surface area (Å²) in [5, 5.41) is 0.656. The Morgan fingerprint density at radius 3 is 2.36 bits per heavy atom. The lowest BCUT2D eigenvalue weighted by Gasteiger charge is -2.32. The monoisotopic (exact) mass is 363 g/mol. The number of carbonyl (C=O) groups excluding carboxylic acids is 3. The zero-order valence-electron chi connectivity index (χ0n) is 14.0. The lowest BCUT2D eigenvalue weighted by atomic mass is 9.95. The molecule has 2 aliphatic heterocycles. The molecule has 0 bridgehead atoms. The van der Waals surface area contributed by atoms with E-state index in [1.165, 1.54) is 0 Å². The van der Waals surface area contributed by atoms with E-state index in [4.69, 9.17) is 17.3 Å². The van der Waals surface area contributed by atoms with Crippen LogP contribution in [0.1, 0.15) is 24.8 Å². The average Bonchev–Trinajstić information content (AvgIpc) is 2.97. The molecule has 2 saturated heterocycles. The van der Waals surface area contributed by atoms with E-state index in [0.717, 1.165) is 5.56 Å². The summed E-state index contributed by atoms with van der Waals surface area (Å²) in [6, 6.07) is 7.37. The highest BCUT2D eigenvalue weighted by Gasteiger charge is 2.37. The number of likely N-dealkylation sites (tertiary alicyclic amines) is 2. The number of benzene rings is 1. The van der Waals surface area contributed by atoms with Crippen molar-refractivity contribution in [2.24, 2.45) is 17.6 Å². The van der Waals surface area contributed by atoms with Gasteiger partial charge in [0.1, 0.15) is 0 Å². The molecule has 1 atom stereocenters. The minimum atomic E-state index is -0.301. The zero-order chi connectivity index (χ0) is 18.0. The Labute approximate surface area is 151 Å². The van der Waals surface area contributed by atoms with Crippen LogP contribution in [0.15, 0.2) is 24.3 Å². The molecule has 0 aromatic heterocycles. The average molecular weight is 364 g/mol. The molecule has 1 aromatic carbocycles. The summed E-state index contributed by atoms with van der Waals surface area (Å²) < 4.78 is 0. The van der Waals surface area contributed by atoms with Crippen molar-refractivity contribution in [3.63, 3.8) is 0 Å². The first-order valence-electron chi connectivity index (χ1n) is 8.54. The van der Waals surface area contributed by atoms with Crippen molar-refractivity contribution in [2.45, 2.75) is 25.8 Å². The number of amides is 3. The van der Waals surface area contributed by atoms with Crippen LogP contribution >= 0.6 is 11.6 Å². The molecule has 2 N–H and O–H groups in total. The molecule has 1 aromatic rings. The molecule has 0 radical (unpaired) electrons. The highest BCUT2D eigenvalue weighted by Crippen LogP contribution is 2.25. The summed E-state index contributed by atoms with van der Waals surface area (Å²) in [4.78, 5) is 39.6. The van der Waals surface area contributed by atoms with Crippen LogP contribution < -0.4 is 5.73 Å². The molecule has 25 heavy (non-hydrogen) atoms. The number of nitrogens with two attached hydrogens (primary N) is 1. The van der Waals surface area contributed by atoms with Crippen LogP contribution in [0.25, 0.3) is 0 Å². The quantitative estimate of drug-likeness (QED) is 0.877. The molecule has 2 aliphatic rings. The number of piperidine rings is 1. The largest absolute Gasteiger partial charge is 0.369 e. The van der Waals surface area contributed by atoms with E-state index in [-0.39, 0.29) is 36.0 Å². The molecule has 3 rings (SSSR count). The summed E-state index contributed by atoms with van der Waals surface area (Å²) in [5.74, 6) is -0.729. The van der Waals surface area contributed by atoms with Crippen molar-refractivity contribution in [3.05, 3.63) is 34.9 Å². The normalized spacial score (nSPS) is 21.6. The van der Waals surface area contributed by atoms with E-state index in [2.05, 4.69) is 0 Å². The fourth-order valence-corrected chi connectivity index (χ4v) is 3.67. The van der Waals surface area contributed by atoms with E-state index in [9.17, 15) is 14.4 Å². The van der Waals surface area contributed by atoms with Crippen LogP contribution in [0.5, 0.6) is 0 Å². The van der Waals surface area contributed by atoms with Gasteiger partial charge in [-0.15, -0.1) is 0 Å². The van der Waals surface area contributed by atoms with Gasteiger partial charge in [0.05, 0.1) is 5.92 Å². The summed E-state index contributed by atoms with van der Waals surface area (Å²) in [5.41, 5.74) is 6.32. The number of hydrogen-bond donors (Lipinski definition) is 1. The maximum atomic E-state index is 12.7. The Bertz CT molecular complexity index is 669. The van der Waals surface area contributed by atoms with Crippen molar-refractivity contribution in [1.82, 2.24) is 9.80 Å². The lowest BCUT2D eigenvalue weighted by molar-refractivity contribution is -0.138. The summed E-state index contributed by atoms with van der Waals surface area (Å²) in [7, 11) is 0. The molecule has 0 spiro atoms. The van der Waals surface area contributed by atoms with Crippen LogP contribution in [-0.4, -0.2) is 47.2 Å². The standard InChI is InChI=1S/C18H22ClN3O3/c19-15-3-1-12(2-4-15)10-22-11-14(9-16(22)23)18(25)21-7-5-13(6-8-21)17(20)24/h1-4,13-14H,5-11H2,(H2,20,24). The Kier molecular flexibility index (Phi) is 5.27. The Morgan fingerprint density at radius 1 is 1.12 bits per heavy atom. The van der Waals surface area contributed by atoms with E-state index in [0.29, 0.717) is 44.0 Å². The molecular formula is C18H22ClN3O3. The molecular weight excluding hydrogens is 342 g/mol. The van der Waals surface area contributed by atoms with E-state index in [1.54, 1.807) is 21.9 Å². The molecule has 1 unspecified atom stereocenters. The predicted octanol–water partition coefficient (Wildman–Crippen LogP) is 1.41. The van der Waals surface area contributed by atoms with Crippen molar-refractivity contribution < 1.29 is 14.4 Å². The van der Waals surface area contributed by atoms with Gasteiger partial charge in [-0.05, 0) is 30.5 Å². The zero-order valence-corrected chi connectivity index (χ0v) is 14.7. The number of hydrogen-bond acceptors (Lipinski definition) is 3. The second-order valence-electron chi connectivity index (χ2n) is 6.80. The number of primary amides is 1. The van der Waals surface area contributed by atoms with Gasteiger partial charge in [0, 0.05) is 43.5 Å². The van der Waals surface area contributed by atoms with Gasteiger partial charge in [0.2, 0.25) is 17.7 Å². The van der Waals surface area contributed by atoms with Crippen LogP contribution in [-0.2, 0) is 20.9 Å².